The minimum Gasteiger partial charge on any atom is -0.360 e. The highest BCUT2D eigenvalue weighted by molar-refractivity contribution is 5.29. The Bertz CT molecular complexity index is 440. The van der Waals surface area contributed by atoms with E-state index < -0.39 is 0 Å². The van der Waals surface area contributed by atoms with Gasteiger partial charge in [0.25, 0.3) is 0 Å². The van der Waals surface area contributed by atoms with Crippen molar-refractivity contribution >= 4 is 0 Å². The van der Waals surface area contributed by atoms with Gasteiger partial charge in [-0.2, -0.15) is 0 Å². The van der Waals surface area contributed by atoms with Crippen molar-refractivity contribution in [3.8, 4) is 0 Å². The van der Waals surface area contributed by atoms with Gasteiger partial charge in [0, 0.05) is 6.54 Å². The van der Waals surface area contributed by atoms with Gasteiger partial charge >= 0.3 is 0 Å². The van der Waals surface area contributed by atoms with E-state index >= 15 is 0 Å². The average molecular weight is 291 g/mol. The summed E-state index contributed by atoms with van der Waals surface area (Å²) in [7, 11) is 0. The molecule has 0 aromatic rings. The number of nitrogens with one attached hydrogen (secondary N) is 1. The lowest BCUT2D eigenvalue weighted by atomic mass is 9.57. The summed E-state index contributed by atoms with van der Waals surface area (Å²) in [5.41, 5.74) is 4.31. The van der Waals surface area contributed by atoms with E-state index in [0.717, 1.165) is 25.5 Å². The van der Waals surface area contributed by atoms with Crippen LogP contribution in [0.25, 0.3) is 0 Å². The minimum atomic E-state index is -0.0931. The van der Waals surface area contributed by atoms with Crippen LogP contribution in [0.3, 0.4) is 0 Å². The maximum atomic E-state index is 5.99. The van der Waals surface area contributed by atoms with Crippen molar-refractivity contribution in [3.63, 3.8) is 0 Å². The normalized spacial score (nSPS) is 38.4. The highest BCUT2D eigenvalue weighted by Gasteiger charge is 2.45. The third kappa shape index (κ3) is 2.94. The standard InChI is InChI=1S/C19H33NO/c1-17(2)8-6-7-14-11-15(18(3,4)13-16(14)17)12-19(5)20-9-10-21-19/h15,20H,6-13H2,1-5H3/t15-,19+/m0/s1. The van der Waals surface area contributed by atoms with Crippen molar-refractivity contribution < 1.29 is 4.74 Å². The highest BCUT2D eigenvalue weighted by atomic mass is 16.5. The van der Waals surface area contributed by atoms with Crippen molar-refractivity contribution in [1.82, 2.24) is 5.32 Å². The lowest BCUT2D eigenvalue weighted by molar-refractivity contribution is -0.0325. The molecule has 0 saturated carbocycles. The first kappa shape index (κ1) is 15.6. The molecule has 2 aliphatic carbocycles. The molecule has 0 amide bonds. The fraction of sp³-hybridized carbons (Fsp3) is 0.895. The van der Waals surface area contributed by atoms with Gasteiger partial charge < -0.3 is 4.74 Å². The van der Waals surface area contributed by atoms with Gasteiger partial charge in [-0.1, -0.05) is 38.8 Å². The van der Waals surface area contributed by atoms with Crippen LogP contribution in [0, 0.1) is 16.7 Å². The summed E-state index contributed by atoms with van der Waals surface area (Å²) in [6.45, 7) is 14.0. The number of ether oxygens (including phenoxy) is 1. The topological polar surface area (TPSA) is 21.3 Å². The van der Waals surface area contributed by atoms with Crippen molar-refractivity contribution in [2.75, 3.05) is 13.2 Å². The maximum Gasteiger partial charge on any atom is 0.116 e. The quantitative estimate of drug-likeness (QED) is 0.747. The Morgan fingerprint density at radius 2 is 1.95 bits per heavy atom. The van der Waals surface area contributed by atoms with E-state index in [9.17, 15) is 0 Å². The Balaban J connectivity index is 1.82. The van der Waals surface area contributed by atoms with E-state index in [1.165, 1.54) is 32.1 Å². The highest BCUT2D eigenvalue weighted by Crippen LogP contribution is 2.55. The fourth-order valence-electron chi connectivity index (χ4n) is 4.88. The van der Waals surface area contributed by atoms with E-state index in [-0.39, 0.29) is 5.72 Å². The molecule has 0 aromatic carbocycles. The van der Waals surface area contributed by atoms with Crippen LogP contribution in [-0.4, -0.2) is 18.9 Å². The summed E-state index contributed by atoms with van der Waals surface area (Å²) >= 11 is 0. The monoisotopic (exact) mass is 291 g/mol. The molecule has 3 aliphatic rings. The summed E-state index contributed by atoms with van der Waals surface area (Å²) in [5.74, 6) is 0.737. The first-order valence-corrected chi connectivity index (χ1v) is 8.82. The summed E-state index contributed by atoms with van der Waals surface area (Å²) in [4.78, 5) is 0. The van der Waals surface area contributed by atoms with E-state index in [1.807, 2.05) is 0 Å². The Morgan fingerprint density at radius 3 is 2.62 bits per heavy atom. The molecular weight excluding hydrogens is 258 g/mol. The van der Waals surface area contributed by atoms with Crippen molar-refractivity contribution in [1.29, 1.82) is 0 Å². The average Bonchev–Trinajstić information content (AvgIpc) is 2.78. The molecule has 1 saturated heterocycles. The van der Waals surface area contributed by atoms with Crippen LogP contribution in [0.4, 0.5) is 0 Å². The molecule has 1 heterocycles. The second kappa shape index (κ2) is 5.09. The Labute approximate surface area is 130 Å². The second-order valence-corrected chi connectivity index (χ2v) is 9.10. The molecule has 21 heavy (non-hydrogen) atoms. The molecule has 1 N–H and O–H groups in total. The second-order valence-electron chi connectivity index (χ2n) is 9.10. The van der Waals surface area contributed by atoms with Crippen LogP contribution in [0.1, 0.15) is 73.1 Å². The van der Waals surface area contributed by atoms with Crippen LogP contribution in [0.2, 0.25) is 0 Å². The first-order chi connectivity index (χ1) is 9.72. The Hall–Kier alpha value is -0.340. The molecule has 1 fully saturated rings. The molecule has 2 heteroatoms. The van der Waals surface area contributed by atoms with Crippen molar-refractivity contribution in [3.05, 3.63) is 11.1 Å². The summed E-state index contributed by atoms with van der Waals surface area (Å²) in [5, 5.41) is 3.57. The number of allylic oxidation sites excluding steroid dienone is 2. The first-order valence-electron chi connectivity index (χ1n) is 8.82. The lowest BCUT2D eigenvalue weighted by Crippen LogP contribution is -2.44. The van der Waals surface area contributed by atoms with Gasteiger partial charge in [0.05, 0.1) is 6.61 Å². The molecular formula is C19H33NO. The molecule has 0 radical (unpaired) electrons. The van der Waals surface area contributed by atoms with Crippen molar-refractivity contribution in [2.45, 2.75) is 78.9 Å². The largest absolute Gasteiger partial charge is 0.360 e. The van der Waals surface area contributed by atoms with Crippen LogP contribution < -0.4 is 5.32 Å². The Morgan fingerprint density at radius 1 is 1.19 bits per heavy atom. The van der Waals surface area contributed by atoms with E-state index in [4.69, 9.17) is 4.74 Å². The van der Waals surface area contributed by atoms with Gasteiger partial charge in [0.1, 0.15) is 5.72 Å². The van der Waals surface area contributed by atoms with Crippen LogP contribution in [0.5, 0.6) is 0 Å². The molecule has 1 aliphatic heterocycles. The predicted molar refractivity (Wildman–Crippen MR) is 88.1 cm³/mol. The van der Waals surface area contributed by atoms with Crippen molar-refractivity contribution in [2.24, 2.45) is 16.7 Å². The molecule has 0 unspecified atom stereocenters. The number of hydrogen-bond donors (Lipinski definition) is 1. The predicted octanol–water partition coefficient (Wildman–Crippen LogP) is 4.66. The molecule has 2 nitrogen and oxygen atoms in total. The van der Waals surface area contributed by atoms with E-state index in [1.54, 1.807) is 11.1 Å². The zero-order valence-electron chi connectivity index (χ0n) is 14.6. The zero-order valence-corrected chi connectivity index (χ0v) is 14.6. The van der Waals surface area contributed by atoms with Gasteiger partial charge in [-0.25, -0.2) is 0 Å². The molecule has 3 rings (SSSR count). The third-order valence-electron chi connectivity index (χ3n) is 6.41. The third-order valence-corrected chi connectivity index (χ3v) is 6.41. The summed E-state index contributed by atoms with van der Waals surface area (Å²) in [6.07, 6.45) is 7.83. The summed E-state index contributed by atoms with van der Waals surface area (Å²) < 4.78 is 5.99. The van der Waals surface area contributed by atoms with Gasteiger partial charge in [0.2, 0.25) is 0 Å². The molecule has 0 bridgehead atoms. The zero-order chi connectivity index (χ0) is 15.3. The molecule has 2 atom stereocenters. The van der Waals surface area contributed by atoms with Gasteiger partial charge in [-0.05, 0) is 62.2 Å². The van der Waals surface area contributed by atoms with Crippen LogP contribution in [-0.2, 0) is 4.74 Å². The van der Waals surface area contributed by atoms with Crippen LogP contribution >= 0.6 is 0 Å². The smallest absolute Gasteiger partial charge is 0.116 e. The molecule has 0 spiro atoms. The SMILES string of the molecule is CC1(C)CCCC2=C1CC(C)(C)[C@H](C[C@]1(C)NCCO1)C2. The fourth-order valence-corrected chi connectivity index (χ4v) is 4.88. The van der Waals surface area contributed by atoms with Gasteiger partial charge in [0.15, 0.2) is 0 Å². The van der Waals surface area contributed by atoms with E-state index in [0.29, 0.717) is 10.8 Å². The lowest BCUT2D eigenvalue weighted by Gasteiger charge is -2.49. The van der Waals surface area contributed by atoms with Gasteiger partial charge in [-0.15, -0.1) is 0 Å². The maximum absolute atomic E-state index is 5.99. The number of hydrogen-bond acceptors (Lipinski definition) is 2. The minimum absolute atomic E-state index is 0.0931. The molecule has 120 valence electrons. The van der Waals surface area contributed by atoms with Crippen LogP contribution in [0.15, 0.2) is 11.1 Å². The van der Waals surface area contributed by atoms with E-state index in [2.05, 4.69) is 39.9 Å². The molecule has 0 aromatic heterocycles. The summed E-state index contributed by atoms with van der Waals surface area (Å²) in [6, 6.07) is 0. The van der Waals surface area contributed by atoms with Gasteiger partial charge in [-0.3, -0.25) is 5.32 Å². The Kier molecular flexibility index (Phi) is 3.77. The number of rotatable bonds is 2.